The second-order valence-electron chi connectivity index (χ2n) is 7.11. The Morgan fingerprint density at radius 2 is 1.93 bits per heavy atom. The number of amides is 1. The van der Waals surface area contributed by atoms with Crippen molar-refractivity contribution >= 4 is 28.5 Å². The Balaban J connectivity index is 1.55. The summed E-state index contributed by atoms with van der Waals surface area (Å²) in [7, 11) is 0. The van der Waals surface area contributed by atoms with E-state index in [9.17, 15) is 9.18 Å². The van der Waals surface area contributed by atoms with Crippen LogP contribution in [0, 0.1) is 5.82 Å². The van der Waals surface area contributed by atoms with Crippen molar-refractivity contribution in [1.82, 2.24) is 4.57 Å². The van der Waals surface area contributed by atoms with Gasteiger partial charge in [0, 0.05) is 40.6 Å². The fraction of sp³-hybridized carbons (Fsp3) is 0.182. The third kappa shape index (κ3) is 4.05. The zero-order chi connectivity index (χ0) is 20.4. The lowest BCUT2D eigenvalue weighted by molar-refractivity contribution is 0.102. The standard InChI is InChI=1S/C22H21FN4OS/c1-22(10-13-29-21(24)26-22)18-14-16(6-9-19(18)23)25-20(28)15-4-7-17(8-5-15)27-11-2-3-12-27/h2-9,11-12,14H,10,13H2,1H3,(H2,24,26)(H,25,28). The summed E-state index contributed by atoms with van der Waals surface area (Å²) < 4.78 is 16.5. The third-order valence-corrected chi connectivity index (χ3v) is 5.83. The summed E-state index contributed by atoms with van der Waals surface area (Å²) in [6, 6.07) is 15.7. The van der Waals surface area contributed by atoms with Crippen LogP contribution in [-0.2, 0) is 5.54 Å². The van der Waals surface area contributed by atoms with Gasteiger partial charge in [0.15, 0.2) is 5.17 Å². The molecule has 0 bridgehead atoms. The van der Waals surface area contributed by atoms with Crippen LogP contribution in [0.2, 0.25) is 0 Å². The Labute approximate surface area is 172 Å². The van der Waals surface area contributed by atoms with Crippen molar-refractivity contribution in [2.75, 3.05) is 11.1 Å². The summed E-state index contributed by atoms with van der Waals surface area (Å²) in [5.41, 5.74) is 7.56. The Kier molecular flexibility index (Phi) is 5.15. The van der Waals surface area contributed by atoms with E-state index < -0.39 is 5.54 Å². The van der Waals surface area contributed by atoms with E-state index in [-0.39, 0.29) is 11.7 Å². The van der Waals surface area contributed by atoms with Crippen LogP contribution in [0.15, 0.2) is 72.0 Å². The van der Waals surface area contributed by atoms with E-state index in [0.717, 1.165) is 11.4 Å². The van der Waals surface area contributed by atoms with Gasteiger partial charge in [-0.2, -0.15) is 0 Å². The molecule has 4 rings (SSSR count). The number of nitrogens with one attached hydrogen (secondary N) is 1. The van der Waals surface area contributed by atoms with E-state index >= 15 is 0 Å². The van der Waals surface area contributed by atoms with E-state index in [0.29, 0.717) is 28.4 Å². The van der Waals surface area contributed by atoms with Crippen LogP contribution in [0.5, 0.6) is 0 Å². The smallest absolute Gasteiger partial charge is 0.255 e. The molecule has 1 unspecified atom stereocenters. The van der Waals surface area contributed by atoms with Gasteiger partial charge >= 0.3 is 0 Å². The van der Waals surface area contributed by atoms with Gasteiger partial charge in [-0.1, -0.05) is 11.8 Å². The lowest BCUT2D eigenvalue weighted by Crippen LogP contribution is -2.29. The summed E-state index contributed by atoms with van der Waals surface area (Å²) in [5, 5.41) is 3.30. The maximum absolute atomic E-state index is 14.5. The Morgan fingerprint density at radius 1 is 1.21 bits per heavy atom. The monoisotopic (exact) mass is 408 g/mol. The predicted octanol–water partition coefficient (Wildman–Crippen LogP) is 4.54. The lowest BCUT2D eigenvalue weighted by Gasteiger charge is -2.30. The maximum atomic E-state index is 14.5. The molecule has 148 valence electrons. The van der Waals surface area contributed by atoms with Gasteiger partial charge in [-0.25, -0.2) is 4.39 Å². The highest BCUT2D eigenvalue weighted by Crippen LogP contribution is 2.37. The predicted molar refractivity (Wildman–Crippen MR) is 116 cm³/mol. The maximum Gasteiger partial charge on any atom is 0.255 e. The van der Waals surface area contributed by atoms with Gasteiger partial charge in [0.25, 0.3) is 5.91 Å². The number of aromatic nitrogens is 1. The molecular formula is C22H21FN4OS. The van der Waals surface area contributed by atoms with Gasteiger partial charge in [-0.05, 0) is 67.9 Å². The summed E-state index contributed by atoms with van der Waals surface area (Å²) in [6.45, 7) is 1.86. The van der Waals surface area contributed by atoms with Gasteiger partial charge in [0.05, 0.1) is 5.54 Å². The molecule has 2 aromatic carbocycles. The van der Waals surface area contributed by atoms with E-state index in [1.165, 1.54) is 17.8 Å². The fourth-order valence-corrected chi connectivity index (χ4v) is 4.37. The molecule has 29 heavy (non-hydrogen) atoms. The summed E-state index contributed by atoms with van der Waals surface area (Å²) >= 11 is 1.47. The molecule has 3 N–H and O–H groups in total. The molecule has 1 aliphatic rings. The van der Waals surface area contributed by atoms with Crippen molar-refractivity contribution in [3.05, 3.63) is 83.9 Å². The largest absolute Gasteiger partial charge is 0.379 e. The molecule has 0 spiro atoms. The topological polar surface area (TPSA) is 72.4 Å². The number of halogens is 1. The first-order chi connectivity index (χ1) is 13.9. The number of hydrogen-bond acceptors (Lipinski definition) is 4. The zero-order valence-corrected chi connectivity index (χ0v) is 16.7. The number of benzene rings is 2. The van der Waals surface area contributed by atoms with Gasteiger partial charge in [0.1, 0.15) is 5.82 Å². The average Bonchev–Trinajstić information content (AvgIpc) is 3.24. The molecule has 1 amide bonds. The second kappa shape index (κ2) is 7.75. The molecular weight excluding hydrogens is 387 g/mol. The van der Waals surface area contributed by atoms with Crippen LogP contribution in [-0.4, -0.2) is 21.4 Å². The van der Waals surface area contributed by atoms with Crippen LogP contribution < -0.4 is 11.1 Å². The average molecular weight is 409 g/mol. The van der Waals surface area contributed by atoms with Crippen molar-refractivity contribution in [3.8, 4) is 5.69 Å². The number of nitrogens with zero attached hydrogens (tertiary/aromatic N) is 2. The molecule has 0 aliphatic carbocycles. The van der Waals surface area contributed by atoms with E-state index in [1.54, 1.807) is 24.3 Å². The van der Waals surface area contributed by atoms with Gasteiger partial charge in [0.2, 0.25) is 0 Å². The molecule has 0 radical (unpaired) electrons. The molecule has 2 heterocycles. The van der Waals surface area contributed by atoms with Gasteiger partial charge < -0.3 is 15.6 Å². The first-order valence-corrected chi connectivity index (χ1v) is 10.3. The minimum Gasteiger partial charge on any atom is -0.379 e. The summed E-state index contributed by atoms with van der Waals surface area (Å²) in [5.74, 6) is 0.161. The highest BCUT2D eigenvalue weighted by molar-refractivity contribution is 8.13. The highest BCUT2D eigenvalue weighted by atomic mass is 32.2. The number of nitrogens with two attached hydrogens (primary N) is 1. The number of hydrogen-bond donors (Lipinski definition) is 2. The van der Waals surface area contributed by atoms with Gasteiger partial charge in [-0.3, -0.25) is 9.79 Å². The quantitative estimate of drug-likeness (QED) is 0.666. The van der Waals surface area contributed by atoms with E-state index in [4.69, 9.17) is 5.73 Å². The first kappa shape index (κ1) is 19.3. The van der Waals surface area contributed by atoms with Crippen LogP contribution in [0.3, 0.4) is 0 Å². The molecule has 1 aliphatic heterocycles. The van der Waals surface area contributed by atoms with E-state index in [1.807, 2.05) is 48.1 Å². The number of amidine groups is 1. The number of anilines is 1. The van der Waals surface area contributed by atoms with Crippen molar-refractivity contribution in [2.24, 2.45) is 10.7 Å². The normalized spacial score (nSPS) is 18.9. The Hall–Kier alpha value is -3.06. The molecule has 0 saturated heterocycles. The number of carbonyl (C=O) groups excluding carboxylic acids is 1. The van der Waals surface area contributed by atoms with Gasteiger partial charge in [-0.15, -0.1) is 0 Å². The number of thioether (sulfide) groups is 1. The minimum atomic E-state index is -0.738. The molecule has 5 nitrogen and oxygen atoms in total. The van der Waals surface area contributed by atoms with Crippen LogP contribution in [0.4, 0.5) is 10.1 Å². The SMILES string of the molecule is CC1(c2cc(NC(=O)c3ccc(-n4cccc4)cc3)ccc2F)CCSC(N)=N1. The molecule has 3 aromatic rings. The van der Waals surface area contributed by atoms with Crippen molar-refractivity contribution in [1.29, 1.82) is 0 Å². The van der Waals surface area contributed by atoms with Crippen LogP contribution >= 0.6 is 11.8 Å². The minimum absolute atomic E-state index is 0.256. The molecule has 0 fully saturated rings. The first-order valence-electron chi connectivity index (χ1n) is 9.27. The second-order valence-corrected chi connectivity index (χ2v) is 8.22. The summed E-state index contributed by atoms with van der Waals surface area (Å²) in [4.78, 5) is 17.1. The third-order valence-electron chi connectivity index (χ3n) is 5.03. The number of carbonyl (C=O) groups is 1. The molecule has 1 atom stereocenters. The Morgan fingerprint density at radius 3 is 2.62 bits per heavy atom. The highest BCUT2D eigenvalue weighted by Gasteiger charge is 2.32. The number of rotatable bonds is 4. The van der Waals surface area contributed by atoms with Crippen molar-refractivity contribution < 1.29 is 9.18 Å². The van der Waals surface area contributed by atoms with Crippen molar-refractivity contribution in [3.63, 3.8) is 0 Å². The molecule has 1 aromatic heterocycles. The number of aliphatic imine (C=N–C) groups is 1. The summed E-state index contributed by atoms with van der Waals surface area (Å²) in [6.07, 6.45) is 4.55. The fourth-order valence-electron chi connectivity index (χ4n) is 3.39. The molecule has 7 heteroatoms. The van der Waals surface area contributed by atoms with Crippen molar-refractivity contribution in [2.45, 2.75) is 18.9 Å². The lowest BCUT2D eigenvalue weighted by atomic mass is 9.89. The molecule has 0 saturated carbocycles. The van der Waals surface area contributed by atoms with E-state index in [2.05, 4.69) is 10.3 Å². The van der Waals surface area contributed by atoms with Crippen LogP contribution in [0.1, 0.15) is 29.3 Å². The zero-order valence-electron chi connectivity index (χ0n) is 15.9. The Bertz CT molecular complexity index is 1060. The van der Waals surface area contributed by atoms with Crippen LogP contribution in [0.25, 0.3) is 5.69 Å².